The number of hydrogen-bond donors (Lipinski definition) is 0. The molecule has 0 fully saturated rings. The van der Waals surface area contributed by atoms with E-state index in [1.165, 1.54) is 0 Å². The van der Waals surface area contributed by atoms with Gasteiger partial charge in [-0.2, -0.15) is 0 Å². The van der Waals surface area contributed by atoms with E-state index in [1.54, 1.807) is 0 Å². The van der Waals surface area contributed by atoms with Crippen molar-refractivity contribution >= 4 is 204 Å². The van der Waals surface area contributed by atoms with Gasteiger partial charge in [0.15, 0.2) is 0 Å². The van der Waals surface area contributed by atoms with E-state index in [9.17, 15) is 0 Å². The standard InChI is InChI=1S/C56H104Si16/c1-57(2)41-33-44-46-34-42(41)59(5,6)61(9,10)45-36-48-47(35-43(45)58(57,3)4)63(13,14)67(21,22)51-39-55-56(40-53(51)68(23,24)65(48,17)18)72(31,32)70(27,28)54-38-50(66(19,20)62(46,11)12)49(64(15,16)60(44,7)8)37-52(54)69(25,26)71(55,29)30/h33-40H,1-32H3. The van der Waals surface area contributed by atoms with Crippen LogP contribution in [0.1, 0.15) is 0 Å². The Morgan fingerprint density at radius 1 is 0.111 bits per heavy atom. The molecule has 0 N–H and O–H groups in total. The largest absolute Gasteiger partial charge is 0.0789 e. The minimum absolute atomic E-state index is 1.98. The first-order valence-electron chi connectivity index (χ1n) is 28.6. The molecular formula is C56H104Si16. The highest BCUT2D eigenvalue weighted by Crippen LogP contribution is 2.36. The summed E-state index contributed by atoms with van der Waals surface area (Å²) >= 11 is 0. The first kappa shape index (κ1) is 57.1. The Morgan fingerprint density at radius 3 is 0.194 bits per heavy atom. The number of hydrogen-bond acceptors (Lipinski definition) is 0. The van der Waals surface area contributed by atoms with Crippen LogP contribution in [0.3, 0.4) is 0 Å². The lowest BCUT2D eigenvalue weighted by molar-refractivity contribution is 1.64. The summed E-state index contributed by atoms with van der Waals surface area (Å²) in [7, 11) is -33.6. The molecule has 0 atom stereocenters. The van der Waals surface area contributed by atoms with Crippen LogP contribution in [-0.4, -0.2) is 121 Å². The molecule has 0 saturated heterocycles. The molecule has 0 amide bonds. The third kappa shape index (κ3) is 6.27. The van der Waals surface area contributed by atoms with E-state index in [0.29, 0.717) is 0 Å². The van der Waals surface area contributed by atoms with Gasteiger partial charge in [-0.3, -0.25) is 0 Å². The SMILES string of the molecule is C[Si]1(C)c2cc3c4cc2[Si](C)(C)[Si](C)(C)c2cc5c(cc2[Si]1(C)C)[Si](C)(C)[Si](C)(C)c1cc2c(cc1[Si](C)(C)[Si]5(C)C)[Si](C)(C)[Si](C)(C)c1cc(c(cc1[Si](C)(C)[Si]2(C)C)[Si](C)(C)[Si]3(C)C)[Si](C)(C)[Si]4(C)C. The van der Waals surface area contributed by atoms with E-state index >= 15 is 0 Å². The van der Waals surface area contributed by atoms with E-state index in [4.69, 9.17) is 0 Å². The molecule has 0 spiro atoms. The van der Waals surface area contributed by atoms with E-state index in [-0.39, 0.29) is 0 Å². The van der Waals surface area contributed by atoms with Crippen LogP contribution >= 0.6 is 0 Å². The Bertz CT molecular complexity index is 2290. The third-order valence-electron chi connectivity index (χ3n) is 27.9. The van der Waals surface area contributed by atoms with Crippen molar-refractivity contribution in [2.45, 2.75) is 210 Å². The monoisotopic (exact) mass is 1220 g/mol. The maximum absolute atomic E-state index is 3.17. The summed E-state index contributed by atoms with van der Waals surface area (Å²) in [6.07, 6.45) is 0. The summed E-state index contributed by atoms with van der Waals surface area (Å²) in [4.78, 5) is 0. The Kier molecular flexibility index (Phi) is 12.1. The van der Waals surface area contributed by atoms with Crippen molar-refractivity contribution < 1.29 is 0 Å². The number of benzene rings is 4. The smallest absolute Gasteiger partial charge is 0.0671 e. The third-order valence-corrected chi connectivity index (χ3v) is 171. The molecule has 392 valence electrons. The summed E-state index contributed by atoms with van der Waals surface area (Å²) in [6.45, 7) is 94.4. The van der Waals surface area contributed by atoms with Crippen molar-refractivity contribution in [2.75, 3.05) is 0 Å². The van der Waals surface area contributed by atoms with E-state index in [2.05, 4.69) is 258 Å². The maximum Gasteiger partial charge on any atom is 0.0789 e. The molecule has 4 heterocycles. The van der Waals surface area contributed by atoms with Crippen LogP contribution in [0.15, 0.2) is 48.5 Å². The van der Waals surface area contributed by atoms with Gasteiger partial charge >= 0.3 is 0 Å². The average Bonchev–Trinajstić information content (AvgIpc) is 3.24. The average molecular weight is 1230 g/mol. The van der Waals surface area contributed by atoms with Gasteiger partial charge in [-0.15, -0.1) is 0 Å². The molecule has 0 unspecified atom stereocenters. The summed E-state index contributed by atoms with van der Waals surface area (Å²) in [5.41, 5.74) is 0. The molecule has 0 saturated carbocycles. The quantitative estimate of drug-likeness (QED) is 0.186. The highest BCUT2D eigenvalue weighted by atomic mass is 29.3. The topological polar surface area (TPSA) is 0 Å². The normalized spacial score (nSPS) is 27.6. The Hall–Kier alpha value is 0.350. The molecule has 0 nitrogen and oxygen atoms in total. The predicted molar refractivity (Wildman–Crippen MR) is 380 cm³/mol. The van der Waals surface area contributed by atoms with Crippen molar-refractivity contribution in [3.05, 3.63) is 48.5 Å². The zero-order valence-corrected chi connectivity index (χ0v) is 68.6. The van der Waals surface area contributed by atoms with Crippen molar-refractivity contribution in [2.24, 2.45) is 0 Å². The minimum Gasteiger partial charge on any atom is -0.0671 e. The van der Waals surface area contributed by atoms with Gasteiger partial charge in [0.05, 0.1) is 121 Å². The van der Waals surface area contributed by atoms with E-state index < -0.39 is 121 Å². The molecule has 0 radical (unpaired) electrons. The minimum atomic E-state index is -2.10. The maximum atomic E-state index is 3.17. The fraction of sp³-hybridized carbons (Fsp3) is 0.571. The van der Waals surface area contributed by atoms with Crippen molar-refractivity contribution in [1.29, 1.82) is 0 Å². The van der Waals surface area contributed by atoms with Crippen molar-refractivity contribution in [3.63, 3.8) is 0 Å². The Labute approximate surface area is 458 Å². The van der Waals surface area contributed by atoms with Gasteiger partial charge in [0.2, 0.25) is 0 Å². The molecule has 72 heavy (non-hydrogen) atoms. The molecule has 4 aromatic carbocycles. The van der Waals surface area contributed by atoms with Crippen LogP contribution in [0.4, 0.5) is 0 Å². The summed E-state index contributed by atoms with van der Waals surface area (Å²) in [5, 5.41) is 31.6. The molecule has 4 aliphatic heterocycles. The zero-order chi connectivity index (χ0) is 54.9. The molecular weight excluding hydrogens is 1120 g/mol. The second kappa shape index (κ2) is 15.2. The van der Waals surface area contributed by atoms with Crippen molar-refractivity contribution in [3.8, 4) is 0 Å². The van der Waals surface area contributed by atoms with Gasteiger partial charge in [-0.1, -0.05) is 341 Å². The summed E-state index contributed by atoms with van der Waals surface area (Å²) in [6, 6.07) is 25.4. The van der Waals surface area contributed by atoms with Crippen LogP contribution in [0.2, 0.25) is 210 Å². The van der Waals surface area contributed by atoms with Crippen LogP contribution in [0.25, 0.3) is 0 Å². The predicted octanol–water partition coefficient (Wildman–Crippen LogP) is 6.13. The Balaban J connectivity index is 1.65. The van der Waals surface area contributed by atoms with Gasteiger partial charge in [0, 0.05) is 0 Å². The molecule has 4 aromatic rings. The lowest BCUT2D eigenvalue weighted by Gasteiger charge is -2.57. The highest BCUT2D eigenvalue weighted by Gasteiger charge is 2.64. The fourth-order valence-corrected chi connectivity index (χ4v) is 111. The lowest BCUT2D eigenvalue weighted by Crippen LogP contribution is -2.91. The van der Waals surface area contributed by atoms with Crippen LogP contribution in [0, 0.1) is 0 Å². The van der Waals surface area contributed by atoms with Gasteiger partial charge in [-0.05, 0) is 0 Å². The molecule has 0 aliphatic carbocycles. The molecule has 4 aliphatic rings. The second-order valence-electron chi connectivity index (χ2n) is 33.8. The summed E-state index contributed by atoms with van der Waals surface area (Å²) in [5.74, 6) is 0. The molecule has 8 rings (SSSR count). The van der Waals surface area contributed by atoms with E-state index in [1.807, 2.05) is 83.0 Å². The second-order valence-corrected chi connectivity index (χ2v) is 154. The first-order chi connectivity index (χ1) is 31.8. The molecule has 16 heteroatoms. The highest BCUT2D eigenvalue weighted by molar-refractivity contribution is 7.62. The van der Waals surface area contributed by atoms with Gasteiger partial charge in [0.1, 0.15) is 0 Å². The Morgan fingerprint density at radius 2 is 0.153 bits per heavy atom. The zero-order valence-electron chi connectivity index (χ0n) is 52.6. The van der Waals surface area contributed by atoms with E-state index in [0.717, 1.165) is 0 Å². The fourth-order valence-electron chi connectivity index (χ4n) is 16.1. The first-order valence-corrected chi connectivity index (χ1v) is 84.6. The van der Waals surface area contributed by atoms with Crippen LogP contribution in [0.5, 0.6) is 0 Å². The summed E-state index contributed by atoms with van der Waals surface area (Å²) < 4.78 is 0. The number of fused-ring (bicyclic) bond motifs is 8. The number of rotatable bonds is 0. The van der Waals surface area contributed by atoms with Gasteiger partial charge in [0.25, 0.3) is 0 Å². The van der Waals surface area contributed by atoms with Crippen LogP contribution < -0.4 is 83.0 Å². The lowest BCUT2D eigenvalue weighted by atomic mass is 10.3. The van der Waals surface area contributed by atoms with Crippen molar-refractivity contribution in [1.82, 2.24) is 0 Å². The van der Waals surface area contributed by atoms with Crippen LogP contribution in [-0.2, 0) is 0 Å². The van der Waals surface area contributed by atoms with Gasteiger partial charge in [-0.25, -0.2) is 0 Å². The molecule has 0 aromatic heterocycles. The van der Waals surface area contributed by atoms with Gasteiger partial charge < -0.3 is 0 Å². The molecule has 0 bridgehead atoms.